The molecule has 4 nitrogen and oxygen atoms in total. The highest BCUT2D eigenvalue weighted by Gasteiger charge is 2.38. The van der Waals surface area contributed by atoms with Crippen molar-refractivity contribution in [3.8, 4) is 5.75 Å². The van der Waals surface area contributed by atoms with Crippen molar-refractivity contribution in [3.63, 3.8) is 0 Å². The number of aryl methyl sites for hydroxylation is 1. The Hall–Kier alpha value is -2.11. The normalized spacial score (nSPS) is 17.2. The molecule has 1 unspecified atom stereocenters. The van der Waals surface area contributed by atoms with Crippen molar-refractivity contribution in [2.75, 3.05) is 18.5 Å². The molecule has 0 spiro atoms. The van der Waals surface area contributed by atoms with Crippen LogP contribution in [0.3, 0.4) is 0 Å². The van der Waals surface area contributed by atoms with Gasteiger partial charge in [-0.15, -0.1) is 0 Å². The van der Waals surface area contributed by atoms with Crippen molar-refractivity contribution >= 4 is 38.3 Å². The van der Waals surface area contributed by atoms with Crippen LogP contribution in [-0.2, 0) is 16.5 Å². The number of fused-ring (bicyclic) bond motifs is 4. The number of aromatic hydroxyl groups is 1. The third kappa shape index (κ3) is 2.26. The third-order valence-electron chi connectivity index (χ3n) is 5.32. The average molecular weight is 354 g/mol. The van der Waals surface area contributed by atoms with Crippen LogP contribution in [0, 0.1) is 6.92 Å². The molecular weight excluding hydrogens is 334 g/mol. The van der Waals surface area contributed by atoms with Crippen LogP contribution in [0.1, 0.15) is 25.0 Å². The molecule has 3 aromatic carbocycles. The van der Waals surface area contributed by atoms with Crippen molar-refractivity contribution in [1.82, 2.24) is 0 Å². The number of likely N-dealkylation sites (N-methyl/N-ethyl adjacent to an activating group) is 1. The smallest absolute Gasteiger partial charge is 0.125 e. The summed E-state index contributed by atoms with van der Waals surface area (Å²) in [6, 6.07) is 9.21. The molecule has 0 aliphatic carbocycles. The van der Waals surface area contributed by atoms with E-state index in [0.29, 0.717) is 5.75 Å². The minimum Gasteiger partial charge on any atom is -0.768 e. The van der Waals surface area contributed by atoms with Crippen molar-refractivity contribution in [3.05, 3.63) is 41.5 Å². The molecular formula is C20H20NO3S-. The Morgan fingerprint density at radius 1 is 1.16 bits per heavy atom. The van der Waals surface area contributed by atoms with Crippen LogP contribution >= 0.6 is 0 Å². The Bertz CT molecular complexity index is 1070. The van der Waals surface area contributed by atoms with E-state index in [4.69, 9.17) is 0 Å². The molecule has 0 bridgehead atoms. The lowest BCUT2D eigenvalue weighted by Gasteiger charge is -2.21. The van der Waals surface area contributed by atoms with Gasteiger partial charge in [0.05, 0.1) is 5.69 Å². The topological polar surface area (TPSA) is 63.6 Å². The zero-order valence-electron chi connectivity index (χ0n) is 14.7. The van der Waals surface area contributed by atoms with Gasteiger partial charge in [-0.1, -0.05) is 19.9 Å². The van der Waals surface area contributed by atoms with Gasteiger partial charge in [-0.05, 0) is 64.0 Å². The molecule has 5 heteroatoms. The van der Waals surface area contributed by atoms with Crippen molar-refractivity contribution in [2.45, 2.75) is 31.1 Å². The first-order valence-corrected chi connectivity index (χ1v) is 9.32. The quantitative estimate of drug-likeness (QED) is 0.530. The first-order chi connectivity index (χ1) is 11.7. The number of hydrogen-bond acceptors (Lipinski definition) is 4. The maximum absolute atomic E-state index is 11.3. The SMILES string of the molecule is Cc1c(O)c2c(c3cc4cc(S(=O)[O-])ccc4cc13)N(C)CC2(C)C. The Balaban J connectivity index is 2.16. The van der Waals surface area contributed by atoms with Gasteiger partial charge in [-0.2, -0.15) is 0 Å². The average Bonchev–Trinajstić information content (AvgIpc) is 2.79. The number of phenolic OH excluding ortho intramolecular Hbond substituents is 1. The summed E-state index contributed by atoms with van der Waals surface area (Å²) in [7, 11) is 2.04. The fourth-order valence-electron chi connectivity index (χ4n) is 4.24. The monoisotopic (exact) mass is 354 g/mol. The summed E-state index contributed by atoms with van der Waals surface area (Å²) in [5.74, 6) is 0.369. The molecule has 1 aliphatic heterocycles. The Morgan fingerprint density at radius 2 is 1.84 bits per heavy atom. The lowest BCUT2D eigenvalue weighted by atomic mass is 9.83. The summed E-state index contributed by atoms with van der Waals surface area (Å²) in [6.45, 7) is 7.05. The summed E-state index contributed by atoms with van der Waals surface area (Å²) in [6.07, 6.45) is 0. The van der Waals surface area contributed by atoms with E-state index in [0.717, 1.165) is 44.9 Å². The van der Waals surface area contributed by atoms with Gasteiger partial charge in [0.2, 0.25) is 0 Å². The van der Waals surface area contributed by atoms with Gasteiger partial charge < -0.3 is 14.6 Å². The molecule has 0 aromatic heterocycles. The minimum absolute atomic E-state index is 0.138. The molecule has 1 N–H and O–H groups in total. The lowest BCUT2D eigenvalue weighted by Crippen LogP contribution is -2.25. The molecule has 0 fully saturated rings. The third-order valence-corrected chi connectivity index (χ3v) is 5.96. The van der Waals surface area contributed by atoms with Crippen LogP contribution in [0.4, 0.5) is 5.69 Å². The first kappa shape index (κ1) is 16.4. The summed E-state index contributed by atoms with van der Waals surface area (Å²) in [5.41, 5.74) is 2.75. The molecule has 0 amide bonds. The van der Waals surface area contributed by atoms with Crippen molar-refractivity contribution in [2.24, 2.45) is 0 Å². The van der Waals surface area contributed by atoms with Gasteiger partial charge in [0, 0.05) is 34.9 Å². The number of anilines is 1. The van der Waals surface area contributed by atoms with E-state index < -0.39 is 11.1 Å². The minimum atomic E-state index is -2.25. The van der Waals surface area contributed by atoms with Crippen LogP contribution in [0.15, 0.2) is 35.2 Å². The maximum Gasteiger partial charge on any atom is 0.125 e. The Labute approximate surface area is 149 Å². The standard InChI is InChI=1S/C20H21NO3S/c1-11-15-8-12-5-6-14(25(23)24)7-13(12)9-16(15)18-17(19(11)22)20(2,3)10-21(18)4/h5-9,22H,10H2,1-4H3,(H,23,24)/p-1. The molecule has 3 aromatic rings. The van der Waals surface area contributed by atoms with Gasteiger partial charge in [-0.3, -0.25) is 4.21 Å². The molecule has 1 aliphatic rings. The van der Waals surface area contributed by atoms with Gasteiger partial charge in [0.15, 0.2) is 0 Å². The highest BCUT2D eigenvalue weighted by molar-refractivity contribution is 7.79. The number of rotatable bonds is 1. The van der Waals surface area contributed by atoms with Crippen LogP contribution < -0.4 is 4.90 Å². The number of phenols is 1. The molecule has 4 rings (SSSR count). The molecule has 0 saturated heterocycles. The largest absolute Gasteiger partial charge is 0.768 e. The molecule has 0 radical (unpaired) electrons. The van der Waals surface area contributed by atoms with Gasteiger partial charge in [0.25, 0.3) is 0 Å². The highest BCUT2D eigenvalue weighted by atomic mass is 32.2. The van der Waals surface area contributed by atoms with E-state index in [9.17, 15) is 13.9 Å². The number of nitrogens with zero attached hydrogens (tertiary/aromatic N) is 1. The fraction of sp³-hybridized carbons (Fsp3) is 0.300. The zero-order valence-corrected chi connectivity index (χ0v) is 15.5. The van der Waals surface area contributed by atoms with E-state index in [1.165, 1.54) is 0 Å². The number of hydrogen-bond donors (Lipinski definition) is 1. The molecule has 25 heavy (non-hydrogen) atoms. The molecule has 1 heterocycles. The van der Waals surface area contributed by atoms with E-state index >= 15 is 0 Å². The predicted octanol–water partition coefficient (Wildman–Crippen LogP) is 3.97. The fourth-order valence-corrected chi connectivity index (χ4v) is 4.64. The maximum atomic E-state index is 11.3. The lowest BCUT2D eigenvalue weighted by molar-refractivity contribution is 0.445. The summed E-state index contributed by atoms with van der Waals surface area (Å²) in [4.78, 5) is 2.46. The van der Waals surface area contributed by atoms with Crippen LogP contribution in [0.2, 0.25) is 0 Å². The predicted molar refractivity (Wildman–Crippen MR) is 101 cm³/mol. The van der Waals surface area contributed by atoms with Gasteiger partial charge >= 0.3 is 0 Å². The first-order valence-electron chi connectivity index (χ1n) is 8.24. The van der Waals surface area contributed by atoms with Gasteiger partial charge in [-0.25, -0.2) is 0 Å². The Kier molecular flexibility index (Phi) is 3.40. The Morgan fingerprint density at radius 3 is 2.52 bits per heavy atom. The van der Waals surface area contributed by atoms with Crippen LogP contribution in [0.25, 0.3) is 21.5 Å². The van der Waals surface area contributed by atoms with E-state index in [1.54, 1.807) is 12.1 Å². The second-order valence-corrected chi connectivity index (χ2v) is 8.52. The summed E-state index contributed by atoms with van der Waals surface area (Å²) < 4.78 is 22.6. The van der Waals surface area contributed by atoms with E-state index in [-0.39, 0.29) is 10.3 Å². The van der Waals surface area contributed by atoms with Crippen molar-refractivity contribution < 1.29 is 13.9 Å². The highest BCUT2D eigenvalue weighted by Crippen LogP contribution is 2.51. The second kappa shape index (κ2) is 5.19. The molecule has 1 atom stereocenters. The van der Waals surface area contributed by atoms with Gasteiger partial charge in [0.1, 0.15) is 5.75 Å². The van der Waals surface area contributed by atoms with E-state index in [2.05, 4.69) is 18.7 Å². The summed E-state index contributed by atoms with van der Waals surface area (Å²) in [5, 5.41) is 14.8. The van der Waals surface area contributed by atoms with Crippen molar-refractivity contribution in [1.29, 1.82) is 0 Å². The van der Waals surface area contributed by atoms with E-state index in [1.807, 2.05) is 32.2 Å². The number of benzene rings is 3. The molecule has 130 valence electrons. The molecule has 0 saturated carbocycles. The van der Waals surface area contributed by atoms with Crippen LogP contribution in [-0.4, -0.2) is 27.5 Å². The second-order valence-electron chi connectivity index (χ2n) is 7.58. The zero-order chi connectivity index (χ0) is 18.1. The summed E-state index contributed by atoms with van der Waals surface area (Å²) >= 11 is -2.25. The van der Waals surface area contributed by atoms with Crippen LogP contribution in [0.5, 0.6) is 5.75 Å².